The molecule has 0 amide bonds. The summed E-state index contributed by atoms with van der Waals surface area (Å²) in [5, 5.41) is 7.97. The van der Waals surface area contributed by atoms with Crippen molar-refractivity contribution in [1.82, 2.24) is 20.0 Å². The number of aromatic nitrogens is 2. The van der Waals surface area contributed by atoms with Crippen molar-refractivity contribution in [2.75, 3.05) is 26.2 Å². The molecule has 1 fully saturated rings. The van der Waals surface area contributed by atoms with Gasteiger partial charge in [-0.2, -0.15) is 5.10 Å². The lowest BCUT2D eigenvalue weighted by atomic mass is 10.1. The molecule has 1 aromatic rings. The third kappa shape index (κ3) is 3.30. The zero-order valence-corrected chi connectivity index (χ0v) is 11.2. The molecule has 1 aliphatic heterocycles. The Balaban J connectivity index is 1.76. The zero-order valence-electron chi connectivity index (χ0n) is 11.2. The average molecular weight is 236 g/mol. The van der Waals surface area contributed by atoms with Crippen LogP contribution in [0.5, 0.6) is 0 Å². The first kappa shape index (κ1) is 12.6. The third-order valence-corrected chi connectivity index (χ3v) is 3.60. The normalized spacial score (nSPS) is 18.8. The molecule has 0 aromatic carbocycles. The van der Waals surface area contributed by atoms with Gasteiger partial charge in [-0.25, -0.2) is 0 Å². The monoisotopic (exact) mass is 236 g/mol. The van der Waals surface area contributed by atoms with Gasteiger partial charge in [-0.3, -0.25) is 4.68 Å². The van der Waals surface area contributed by atoms with E-state index in [0.717, 1.165) is 12.2 Å². The van der Waals surface area contributed by atoms with E-state index in [1.807, 2.05) is 11.7 Å². The Morgan fingerprint density at radius 1 is 1.41 bits per heavy atom. The SMILES string of the molecule is Cc1nn(C)cc1C(C)NCCN1CCCC1. The molecule has 0 saturated carbocycles. The van der Waals surface area contributed by atoms with E-state index in [1.54, 1.807) is 0 Å². The molecule has 1 unspecified atom stereocenters. The molecule has 1 atom stereocenters. The summed E-state index contributed by atoms with van der Waals surface area (Å²) in [5.74, 6) is 0. The van der Waals surface area contributed by atoms with Crippen molar-refractivity contribution in [2.45, 2.75) is 32.7 Å². The van der Waals surface area contributed by atoms with Crippen LogP contribution in [0.3, 0.4) is 0 Å². The minimum Gasteiger partial charge on any atom is -0.309 e. The highest BCUT2D eigenvalue weighted by Gasteiger charge is 2.13. The molecule has 4 nitrogen and oxygen atoms in total. The fourth-order valence-corrected chi connectivity index (χ4v) is 2.60. The van der Waals surface area contributed by atoms with E-state index < -0.39 is 0 Å². The van der Waals surface area contributed by atoms with E-state index in [0.29, 0.717) is 6.04 Å². The summed E-state index contributed by atoms with van der Waals surface area (Å²) in [5.41, 5.74) is 2.45. The summed E-state index contributed by atoms with van der Waals surface area (Å²) in [6, 6.07) is 0.395. The summed E-state index contributed by atoms with van der Waals surface area (Å²) in [6.07, 6.45) is 4.86. The number of aryl methyl sites for hydroxylation is 2. The molecular weight excluding hydrogens is 212 g/mol. The van der Waals surface area contributed by atoms with Gasteiger partial charge in [0.25, 0.3) is 0 Å². The van der Waals surface area contributed by atoms with E-state index in [2.05, 4.69) is 35.4 Å². The average Bonchev–Trinajstić information content (AvgIpc) is 2.88. The molecule has 2 rings (SSSR count). The van der Waals surface area contributed by atoms with Crippen molar-refractivity contribution < 1.29 is 0 Å². The highest BCUT2D eigenvalue weighted by Crippen LogP contribution is 2.15. The van der Waals surface area contributed by atoms with Gasteiger partial charge in [-0.1, -0.05) is 0 Å². The van der Waals surface area contributed by atoms with Crippen molar-refractivity contribution in [3.63, 3.8) is 0 Å². The zero-order chi connectivity index (χ0) is 12.3. The second-order valence-electron chi connectivity index (χ2n) is 5.07. The molecule has 1 aromatic heterocycles. The van der Waals surface area contributed by atoms with Crippen LogP contribution in [0, 0.1) is 6.92 Å². The molecule has 17 heavy (non-hydrogen) atoms. The maximum Gasteiger partial charge on any atom is 0.0641 e. The van der Waals surface area contributed by atoms with Crippen molar-refractivity contribution >= 4 is 0 Å². The maximum absolute atomic E-state index is 4.38. The quantitative estimate of drug-likeness (QED) is 0.840. The number of hydrogen-bond donors (Lipinski definition) is 1. The first-order valence-electron chi connectivity index (χ1n) is 6.62. The van der Waals surface area contributed by atoms with Gasteiger partial charge in [0, 0.05) is 37.9 Å². The van der Waals surface area contributed by atoms with Crippen LogP contribution in [0.25, 0.3) is 0 Å². The summed E-state index contributed by atoms with van der Waals surface area (Å²) >= 11 is 0. The molecule has 96 valence electrons. The topological polar surface area (TPSA) is 33.1 Å². The van der Waals surface area contributed by atoms with Crippen molar-refractivity contribution in [2.24, 2.45) is 7.05 Å². The van der Waals surface area contributed by atoms with Crippen LogP contribution < -0.4 is 5.32 Å². The Labute approximate surface area is 104 Å². The summed E-state index contributed by atoms with van der Waals surface area (Å²) < 4.78 is 1.89. The maximum atomic E-state index is 4.38. The minimum atomic E-state index is 0.395. The fourth-order valence-electron chi connectivity index (χ4n) is 2.60. The number of hydrogen-bond acceptors (Lipinski definition) is 3. The van der Waals surface area contributed by atoms with Gasteiger partial charge in [0.05, 0.1) is 5.69 Å². The van der Waals surface area contributed by atoms with Crippen LogP contribution in [0.2, 0.25) is 0 Å². The van der Waals surface area contributed by atoms with Crippen molar-refractivity contribution in [1.29, 1.82) is 0 Å². The van der Waals surface area contributed by atoms with Crippen LogP contribution in [-0.2, 0) is 7.05 Å². The van der Waals surface area contributed by atoms with Gasteiger partial charge in [-0.05, 0) is 39.8 Å². The molecule has 0 aliphatic carbocycles. The second-order valence-corrected chi connectivity index (χ2v) is 5.07. The van der Waals surface area contributed by atoms with Crippen LogP contribution >= 0.6 is 0 Å². The van der Waals surface area contributed by atoms with Crippen molar-refractivity contribution in [3.8, 4) is 0 Å². The first-order valence-corrected chi connectivity index (χ1v) is 6.62. The highest BCUT2D eigenvalue weighted by atomic mass is 15.3. The van der Waals surface area contributed by atoms with E-state index in [9.17, 15) is 0 Å². The molecule has 1 N–H and O–H groups in total. The Bertz CT molecular complexity index is 352. The standard InChI is InChI=1S/C13H24N4/c1-11(13-10-16(3)15-12(13)2)14-6-9-17-7-4-5-8-17/h10-11,14H,4-9H2,1-3H3. The van der Waals surface area contributed by atoms with Gasteiger partial charge in [-0.15, -0.1) is 0 Å². The molecule has 1 saturated heterocycles. The molecule has 0 radical (unpaired) electrons. The predicted octanol–water partition coefficient (Wildman–Crippen LogP) is 1.47. The summed E-state index contributed by atoms with van der Waals surface area (Å²) in [6.45, 7) is 9.09. The van der Waals surface area contributed by atoms with Gasteiger partial charge in [0.15, 0.2) is 0 Å². The summed E-state index contributed by atoms with van der Waals surface area (Å²) in [7, 11) is 1.98. The molecule has 0 bridgehead atoms. The molecule has 0 spiro atoms. The second kappa shape index (κ2) is 5.65. The van der Waals surface area contributed by atoms with Gasteiger partial charge in [0.2, 0.25) is 0 Å². The largest absolute Gasteiger partial charge is 0.309 e. The lowest BCUT2D eigenvalue weighted by Crippen LogP contribution is -2.31. The Morgan fingerprint density at radius 2 is 2.12 bits per heavy atom. The van der Waals surface area contributed by atoms with Crippen LogP contribution in [0.1, 0.15) is 37.1 Å². The van der Waals surface area contributed by atoms with Gasteiger partial charge < -0.3 is 10.2 Å². The molecule has 2 heterocycles. The molecular formula is C13H24N4. The minimum absolute atomic E-state index is 0.395. The lowest BCUT2D eigenvalue weighted by molar-refractivity contribution is 0.329. The first-order chi connectivity index (χ1) is 8.16. The predicted molar refractivity (Wildman–Crippen MR) is 70.0 cm³/mol. The van der Waals surface area contributed by atoms with Crippen LogP contribution in [-0.4, -0.2) is 40.9 Å². The van der Waals surface area contributed by atoms with E-state index in [-0.39, 0.29) is 0 Å². The Hall–Kier alpha value is -0.870. The van der Waals surface area contributed by atoms with E-state index in [1.165, 1.54) is 38.0 Å². The number of rotatable bonds is 5. The lowest BCUT2D eigenvalue weighted by Gasteiger charge is -2.18. The van der Waals surface area contributed by atoms with Gasteiger partial charge >= 0.3 is 0 Å². The van der Waals surface area contributed by atoms with E-state index >= 15 is 0 Å². The Kier molecular flexibility index (Phi) is 4.18. The highest BCUT2D eigenvalue weighted by molar-refractivity contribution is 5.19. The fraction of sp³-hybridized carbons (Fsp3) is 0.769. The van der Waals surface area contributed by atoms with Gasteiger partial charge in [0.1, 0.15) is 0 Å². The summed E-state index contributed by atoms with van der Waals surface area (Å²) in [4.78, 5) is 2.54. The number of nitrogens with zero attached hydrogens (tertiary/aromatic N) is 3. The van der Waals surface area contributed by atoms with Crippen LogP contribution in [0.15, 0.2) is 6.20 Å². The van der Waals surface area contributed by atoms with Crippen LogP contribution in [0.4, 0.5) is 0 Å². The Morgan fingerprint density at radius 3 is 2.71 bits per heavy atom. The third-order valence-electron chi connectivity index (χ3n) is 3.60. The number of likely N-dealkylation sites (tertiary alicyclic amines) is 1. The number of nitrogens with one attached hydrogen (secondary N) is 1. The van der Waals surface area contributed by atoms with Crippen molar-refractivity contribution in [3.05, 3.63) is 17.5 Å². The van der Waals surface area contributed by atoms with E-state index in [4.69, 9.17) is 0 Å². The molecule has 4 heteroatoms. The smallest absolute Gasteiger partial charge is 0.0641 e. The molecule has 1 aliphatic rings.